The van der Waals surface area contributed by atoms with Gasteiger partial charge in [0.25, 0.3) is 5.91 Å². The average Bonchev–Trinajstić information content (AvgIpc) is 3.44. The van der Waals surface area contributed by atoms with E-state index in [0.717, 1.165) is 53.5 Å². The number of benzene rings is 1. The number of hydrogen-bond acceptors (Lipinski definition) is 5. The van der Waals surface area contributed by atoms with E-state index >= 15 is 0 Å². The molecule has 3 heterocycles. The molecule has 2 aliphatic carbocycles. The Labute approximate surface area is 221 Å². The number of hydrogen-bond donors (Lipinski definition) is 3. The molecular weight excluding hydrogens is 486 g/mol. The molecule has 37 heavy (non-hydrogen) atoms. The summed E-state index contributed by atoms with van der Waals surface area (Å²) in [4.78, 5) is 21.2. The fourth-order valence-electron chi connectivity index (χ4n) is 5.98. The molecule has 0 saturated heterocycles. The van der Waals surface area contributed by atoms with Crippen LogP contribution in [0.3, 0.4) is 0 Å². The quantitative estimate of drug-likeness (QED) is 0.298. The number of rotatable bonds is 8. The first-order chi connectivity index (χ1) is 17.9. The first-order valence-electron chi connectivity index (χ1n) is 13.1. The molecule has 0 aliphatic heterocycles. The number of aryl methyl sites for hydroxylation is 1. The normalized spacial score (nSPS) is 21.5. The van der Waals surface area contributed by atoms with Gasteiger partial charge < -0.3 is 20.2 Å². The maximum atomic E-state index is 13.4. The van der Waals surface area contributed by atoms with Crippen LogP contribution >= 0.6 is 11.6 Å². The van der Waals surface area contributed by atoms with Gasteiger partial charge in [0, 0.05) is 25.5 Å². The predicted octanol–water partition coefficient (Wildman–Crippen LogP) is 5.20. The van der Waals surface area contributed by atoms with Crippen LogP contribution in [0.15, 0.2) is 42.9 Å². The Hall–Kier alpha value is -3.23. The third kappa shape index (κ3) is 4.42. The summed E-state index contributed by atoms with van der Waals surface area (Å²) in [5.41, 5.74) is 4.50. The number of carbonyl (C=O) groups is 1. The Morgan fingerprint density at radius 3 is 2.81 bits per heavy atom. The second-order valence-corrected chi connectivity index (χ2v) is 11.3. The number of carbonyl (C=O) groups excluding carboxylic acids is 1. The van der Waals surface area contributed by atoms with Crippen LogP contribution in [-0.4, -0.2) is 37.2 Å². The molecule has 3 N–H and O–H groups in total. The Morgan fingerprint density at radius 1 is 1.27 bits per heavy atom. The molecule has 0 atom stereocenters. The summed E-state index contributed by atoms with van der Waals surface area (Å²) in [5, 5.41) is 15.7. The number of fused-ring (bicyclic) bond motifs is 1. The summed E-state index contributed by atoms with van der Waals surface area (Å²) in [6.45, 7) is 3.89. The average molecular weight is 518 g/mol. The standard InChI is InChI=1S/C28H32ClN7O/c1-17-11-28(12-17,27-35-32-16-36(27)2)20-7-4-8-21(10-20)33-26(37)23-9-19(14-30-13-18-5-3-6-18)24-25(34-23)22(29)15-31-24/h4,7-10,15-18,30-31H,3,5-6,11-14H2,1-2H3,(H,33,37). The first-order valence-corrected chi connectivity index (χ1v) is 13.4. The monoisotopic (exact) mass is 517 g/mol. The minimum absolute atomic E-state index is 0.194. The summed E-state index contributed by atoms with van der Waals surface area (Å²) < 4.78 is 2.00. The molecule has 192 valence electrons. The number of amides is 1. The number of halogens is 1. The van der Waals surface area contributed by atoms with Gasteiger partial charge in [-0.2, -0.15) is 0 Å². The molecule has 2 fully saturated rings. The molecule has 0 spiro atoms. The van der Waals surface area contributed by atoms with Crippen LogP contribution in [0.5, 0.6) is 0 Å². The molecule has 0 radical (unpaired) electrons. The van der Waals surface area contributed by atoms with Crippen molar-refractivity contribution in [1.29, 1.82) is 0 Å². The number of nitrogens with zero attached hydrogens (tertiary/aromatic N) is 4. The molecule has 1 aromatic carbocycles. The summed E-state index contributed by atoms with van der Waals surface area (Å²) in [7, 11) is 1.98. The van der Waals surface area contributed by atoms with E-state index < -0.39 is 0 Å². The Bertz CT molecular complexity index is 1450. The minimum Gasteiger partial charge on any atom is -0.358 e. The van der Waals surface area contributed by atoms with Crippen LogP contribution in [0.4, 0.5) is 5.69 Å². The number of aromatic amines is 1. The smallest absolute Gasteiger partial charge is 0.274 e. The van der Waals surface area contributed by atoms with E-state index in [9.17, 15) is 4.79 Å². The van der Waals surface area contributed by atoms with Crippen molar-refractivity contribution < 1.29 is 4.79 Å². The van der Waals surface area contributed by atoms with Crippen LogP contribution < -0.4 is 10.6 Å². The third-order valence-electron chi connectivity index (χ3n) is 8.08. The van der Waals surface area contributed by atoms with Crippen molar-refractivity contribution in [1.82, 2.24) is 30.0 Å². The van der Waals surface area contributed by atoms with Crippen molar-refractivity contribution in [3.8, 4) is 0 Å². The van der Waals surface area contributed by atoms with Crippen LogP contribution in [0.2, 0.25) is 5.02 Å². The van der Waals surface area contributed by atoms with Gasteiger partial charge in [0.1, 0.15) is 23.4 Å². The lowest BCUT2D eigenvalue weighted by Crippen LogP contribution is -2.43. The fraction of sp³-hybridized carbons (Fsp3) is 0.429. The van der Waals surface area contributed by atoms with Gasteiger partial charge in [-0.3, -0.25) is 4.79 Å². The van der Waals surface area contributed by atoms with Gasteiger partial charge in [-0.1, -0.05) is 37.1 Å². The van der Waals surface area contributed by atoms with E-state index in [2.05, 4.69) is 49.9 Å². The Kier molecular flexibility index (Phi) is 6.24. The second kappa shape index (κ2) is 9.58. The van der Waals surface area contributed by atoms with E-state index in [1.54, 1.807) is 12.5 Å². The highest BCUT2D eigenvalue weighted by Gasteiger charge is 2.48. The lowest BCUT2D eigenvalue weighted by Gasteiger charge is -2.46. The zero-order valence-corrected chi connectivity index (χ0v) is 22.0. The van der Waals surface area contributed by atoms with E-state index in [-0.39, 0.29) is 11.3 Å². The molecule has 2 saturated carbocycles. The first kappa shape index (κ1) is 24.1. The van der Waals surface area contributed by atoms with Crippen molar-refractivity contribution in [3.05, 3.63) is 70.5 Å². The molecule has 9 heteroatoms. The number of H-pyrrole nitrogens is 1. The number of nitrogens with one attached hydrogen (secondary N) is 3. The molecular formula is C28H32ClN7O. The van der Waals surface area contributed by atoms with Crippen molar-refractivity contribution in [2.45, 2.75) is 51.0 Å². The lowest BCUT2D eigenvalue weighted by molar-refractivity contribution is 0.102. The van der Waals surface area contributed by atoms with Crippen molar-refractivity contribution in [3.63, 3.8) is 0 Å². The molecule has 2 aliphatic rings. The summed E-state index contributed by atoms with van der Waals surface area (Å²) in [6, 6.07) is 9.93. The molecule has 0 bridgehead atoms. The van der Waals surface area contributed by atoms with E-state index in [1.807, 2.05) is 29.8 Å². The topological polar surface area (TPSA) is 101 Å². The Balaban J connectivity index is 1.25. The van der Waals surface area contributed by atoms with Gasteiger partial charge in [-0.05, 0) is 73.4 Å². The molecule has 6 rings (SSSR count). The van der Waals surface area contributed by atoms with Gasteiger partial charge in [-0.15, -0.1) is 10.2 Å². The molecule has 4 aromatic rings. The molecule has 1 amide bonds. The van der Waals surface area contributed by atoms with Crippen LogP contribution in [0.25, 0.3) is 11.0 Å². The molecule has 0 unspecified atom stereocenters. The van der Waals surface area contributed by atoms with Crippen molar-refractivity contribution in [2.24, 2.45) is 18.9 Å². The maximum Gasteiger partial charge on any atom is 0.274 e. The zero-order chi connectivity index (χ0) is 25.6. The lowest BCUT2D eigenvalue weighted by atomic mass is 9.58. The van der Waals surface area contributed by atoms with Crippen LogP contribution in [-0.2, 0) is 19.0 Å². The third-order valence-corrected chi connectivity index (χ3v) is 8.37. The predicted molar refractivity (Wildman–Crippen MR) is 145 cm³/mol. The van der Waals surface area contributed by atoms with Gasteiger partial charge in [-0.25, -0.2) is 4.98 Å². The van der Waals surface area contributed by atoms with Gasteiger partial charge in [0.05, 0.1) is 16.0 Å². The van der Waals surface area contributed by atoms with Crippen molar-refractivity contribution in [2.75, 3.05) is 11.9 Å². The van der Waals surface area contributed by atoms with Crippen LogP contribution in [0.1, 0.15) is 66.5 Å². The highest BCUT2D eigenvalue weighted by molar-refractivity contribution is 6.35. The van der Waals surface area contributed by atoms with Gasteiger partial charge in [0.15, 0.2) is 0 Å². The Morgan fingerprint density at radius 2 is 2.11 bits per heavy atom. The summed E-state index contributed by atoms with van der Waals surface area (Å²) in [5.74, 6) is 2.06. The number of pyridine rings is 1. The SMILES string of the molecule is CC1CC(c2cccc(NC(=O)c3cc(CNCC4CCC4)c4[nH]cc(Cl)c4n3)c2)(c2nncn2C)C1. The second-order valence-electron chi connectivity index (χ2n) is 10.9. The highest BCUT2D eigenvalue weighted by Crippen LogP contribution is 2.51. The minimum atomic E-state index is -0.258. The molecule has 3 aromatic heterocycles. The highest BCUT2D eigenvalue weighted by atomic mass is 35.5. The number of aromatic nitrogens is 5. The largest absolute Gasteiger partial charge is 0.358 e. The zero-order valence-electron chi connectivity index (χ0n) is 21.2. The van der Waals surface area contributed by atoms with E-state index in [1.165, 1.54) is 19.3 Å². The summed E-state index contributed by atoms with van der Waals surface area (Å²) >= 11 is 6.41. The van der Waals surface area contributed by atoms with E-state index in [4.69, 9.17) is 11.6 Å². The van der Waals surface area contributed by atoms with E-state index in [0.29, 0.717) is 28.7 Å². The summed E-state index contributed by atoms with van der Waals surface area (Å²) in [6.07, 6.45) is 9.37. The van der Waals surface area contributed by atoms with Crippen molar-refractivity contribution >= 4 is 34.2 Å². The molecule has 8 nitrogen and oxygen atoms in total. The maximum absolute atomic E-state index is 13.4. The fourth-order valence-corrected chi connectivity index (χ4v) is 6.17. The van der Waals surface area contributed by atoms with Gasteiger partial charge in [0.2, 0.25) is 0 Å². The van der Waals surface area contributed by atoms with Gasteiger partial charge >= 0.3 is 0 Å². The number of anilines is 1. The van der Waals surface area contributed by atoms with Crippen LogP contribution in [0, 0.1) is 11.8 Å².